The molecule has 2 aliphatic rings. The van der Waals surface area contributed by atoms with Gasteiger partial charge in [0, 0.05) is 19.4 Å². The molecule has 4 nitrogen and oxygen atoms in total. The van der Waals surface area contributed by atoms with E-state index >= 15 is 0 Å². The van der Waals surface area contributed by atoms with Gasteiger partial charge >= 0.3 is 0 Å². The molecule has 16 heavy (non-hydrogen) atoms. The van der Waals surface area contributed by atoms with Crippen molar-refractivity contribution in [1.82, 2.24) is 4.90 Å². The Hall–Kier alpha value is -0.900. The van der Waals surface area contributed by atoms with E-state index in [0.29, 0.717) is 6.54 Å². The third-order valence-electron chi connectivity index (χ3n) is 3.61. The second-order valence-corrected chi connectivity index (χ2v) is 5.51. The van der Waals surface area contributed by atoms with E-state index < -0.39 is 0 Å². The van der Waals surface area contributed by atoms with E-state index in [1.165, 1.54) is 6.92 Å². The minimum atomic E-state index is -0.274. The van der Waals surface area contributed by atoms with E-state index in [9.17, 15) is 9.59 Å². The minimum Gasteiger partial charge on any atom is -0.370 e. The number of fused-ring (bicyclic) bond motifs is 1. The molecule has 0 saturated carbocycles. The van der Waals surface area contributed by atoms with Gasteiger partial charge in [-0.15, -0.1) is 0 Å². The Bertz CT molecular complexity index is 337. The van der Waals surface area contributed by atoms with E-state index in [0.717, 1.165) is 6.42 Å². The molecule has 0 aliphatic carbocycles. The fourth-order valence-electron chi connectivity index (χ4n) is 3.12. The molecule has 1 amide bonds. The zero-order chi connectivity index (χ0) is 12.1. The molecule has 0 radical (unpaired) electrons. The van der Waals surface area contributed by atoms with Gasteiger partial charge in [-0.25, -0.2) is 0 Å². The zero-order valence-electron chi connectivity index (χ0n) is 10.3. The van der Waals surface area contributed by atoms with Crippen LogP contribution in [-0.2, 0) is 14.3 Å². The number of carbonyl (C=O) groups is 2. The molecule has 3 atom stereocenters. The number of carbonyl (C=O) groups excluding carboxylic acids is 2. The quantitative estimate of drug-likeness (QED) is 0.668. The normalized spacial score (nSPS) is 36.2. The summed E-state index contributed by atoms with van der Waals surface area (Å²) in [6.45, 7) is 7.73. The van der Waals surface area contributed by atoms with Crippen molar-refractivity contribution in [2.45, 2.75) is 51.9 Å². The molecular formula is C12H19NO3. The Kier molecular flexibility index (Phi) is 2.57. The van der Waals surface area contributed by atoms with Crippen LogP contribution in [0.3, 0.4) is 0 Å². The number of nitrogens with zero attached hydrogens (tertiary/aromatic N) is 1. The molecule has 0 bridgehead atoms. The van der Waals surface area contributed by atoms with Crippen LogP contribution in [0.4, 0.5) is 0 Å². The van der Waals surface area contributed by atoms with Crippen LogP contribution in [0.25, 0.3) is 0 Å². The number of hydrogen-bond acceptors (Lipinski definition) is 3. The average Bonchev–Trinajstić information content (AvgIpc) is 2.54. The molecule has 0 spiro atoms. The lowest BCUT2D eigenvalue weighted by Crippen LogP contribution is -2.42. The number of likely N-dealkylation sites (tertiary alicyclic amines) is 1. The van der Waals surface area contributed by atoms with Crippen LogP contribution in [0.1, 0.15) is 34.1 Å². The van der Waals surface area contributed by atoms with Crippen LogP contribution in [0.15, 0.2) is 0 Å². The summed E-state index contributed by atoms with van der Waals surface area (Å²) in [7, 11) is 0. The number of hydrogen-bond donors (Lipinski definition) is 0. The molecule has 0 aromatic heterocycles. The summed E-state index contributed by atoms with van der Waals surface area (Å²) in [5, 5.41) is 0. The van der Waals surface area contributed by atoms with Crippen molar-refractivity contribution in [3.05, 3.63) is 0 Å². The Morgan fingerprint density at radius 1 is 1.31 bits per heavy atom. The Balaban J connectivity index is 2.23. The van der Waals surface area contributed by atoms with Crippen molar-refractivity contribution in [2.75, 3.05) is 6.54 Å². The first-order valence-electron chi connectivity index (χ1n) is 5.77. The molecule has 0 aromatic rings. The van der Waals surface area contributed by atoms with E-state index in [1.54, 1.807) is 11.8 Å². The van der Waals surface area contributed by atoms with Gasteiger partial charge in [-0.2, -0.15) is 0 Å². The monoisotopic (exact) mass is 225 g/mol. The summed E-state index contributed by atoms with van der Waals surface area (Å²) in [5.74, 6) is 0.219. The number of Topliss-reactive ketones (excluding diaryl/α,β-unsaturated/α-hetero) is 1. The molecule has 2 aliphatic heterocycles. The summed E-state index contributed by atoms with van der Waals surface area (Å²) in [5.41, 5.74) is -0.161. The van der Waals surface area contributed by atoms with Crippen molar-refractivity contribution in [3.8, 4) is 0 Å². The molecule has 2 rings (SSSR count). The fraction of sp³-hybridized carbons (Fsp3) is 0.833. The summed E-state index contributed by atoms with van der Waals surface area (Å²) < 4.78 is 5.89. The number of rotatable bonds is 1. The van der Waals surface area contributed by atoms with Crippen molar-refractivity contribution >= 4 is 11.7 Å². The van der Waals surface area contributed by atoms with E-state index in [2.05, 4.69) is 0 Å². The molecular weight excluding hydrogens is 206 g/mol. The summed E-state index contributed by atoms with van der Waals surface area (Å²) >= 11 is 0. The topological polar surface area (TPSA) is 46.6 Å². The molecule has 4 heteroatoms. The lowest BCUT2D eigenvalue weighted by molar-refractivity contribution is -0.136. The second kappa shape index (κ2) is 3.55. The molecule has 2 fully saturated rings. The SMILES string of the molecule is CC(=O)[C@@H]1C2CC(C)(C)O[C@H]2CN1C(C)=O. The largest absolute Gasteiger partial charge is 0.370 e. The second-order valence-electron chi connectivity index (χ2n) is 5.51. The number of ether oxygens (including phenoxy) is 1. The predicted octanol–water partition coefficient (Wildman–Crippen LogP) is 0.990. The highest BCUT2D eigenvalue weighted by Crippen LogP contribution is 2.42. The maximum atomic E-state index is 11.7. The lowest BCUT2D eigenvalue weighted by Gasteiger charge is -2.27. The van der Waals surface area contributed by atoms with Gasteiger partial charge in [0.1, 0.15) is 0 Å². The first kappa shape index (κ1) is 11.6. The molecule has 0 N–H and O–H groups in total. The summed E-state index contributed by atoms with van der Waals surface area (Å²) in [6, 6.07) is -0.274. The van der Waals surface area contributed by atoms with Gasteiger partial charge in [0.2, 0.25) is 5.91 Å². The van der Waals surface area contributed by atoms with Crippen molar-refractivity contribution in [2.24, 2.45) is 5.92 Å². The number of ketones is 1. The average molecular weight is 225 g/mol. The Labute approximate surface area is 95.9 Å². The van der Waals surface area contributed by atoms with Crippen LogP contribution < -0.4 is 0 Å². The molecule has 2 saturated heterocycles. The Morgan fingerprint density at radius 3 is 2.44 bits per heavy atom. The highest BCUT2D eigenvalue weighted by atomic mass is 16.5. The van der Waals surface area contributed by atoms with Crippen molar-refractivity contribution < 1.29 is 14.3 Å². The lowest BCUT2D eigenvalue weighted by atomic mass is 9.89. The maximum absolute atomic E-state index is 11.7. The predicted molar refractivity (Wildman–Crippen MR) is 58.9 cm³/mol. The van der Waals surface area contributed by atoms with Crippen LogP contribution in [0, 0.1) is 5.92 Å². The Morgan fingerprint density at radius 2 is 1.94 bits per heavy atom. The van der Waals surface area contributed by atoms with Crippen LogP contribution in [0.2, 0.25) is 0 Å². The smallest absolute Gasteiger partial charge is 0.220 e. The highest BCUT2D eigenvalue weighted by molar-refractivity contribution is 5.88. The van der Waals surface area contributed by atoms with Gasteiger partial charge < -0.3 is 9.64 Å². The third-order valence-corrected chi connectivity index (χ3v) is 3.61. The fourth-order valence-corrected chi connectivity index (χ4v) is 3.12. The van der Waals surface area contributed by atoms with Gasteiger partial charge in [-0.1, -0.05) is 0 Å². The maximum Gasteiger partial charge on any atom is 0.220 e. The van der Waals surface area contributed by atoms with E-state index in [-0.39, 0.29) is 35.4 Å². The molecule has 2 heterocycles. The van der Waals surface area contributed by atoms with Gasteiger partial charge in [-0.3, -0.25) is 9.59 Å². The highest BCUT2D eigenvalue weighted by Gasteiger charge is 2.53. The van der Waals surface area contributed by atoms with Crippen molar-refractivity contribution in [1.29, 1.82) is 0 Å². The standard InChI is InChI=1S/C12H19NO3/c1-7(14)11-9-5-12(3,4)16-10(9)6-13(11)8(2)15/h9-11H,5-6H2,1-4H3/t9?,10-,11+/m0/s1. The van der Waals surface area contributed by atoms with Gasteiger partial charge in [0.15, 0.2) is 5.78 Å². The van der Waals surface area contributed by atoms with Crippen molar-refractivity contribution in [3.63, 3.8) is 0 Å². The minimum absolute atomic E-state index is 0.0315. The van der Waals surface area contributed by atoms with Gasteiger partial charge in [0.05, 0.1) is 17.7 Å². The zero-order valence-corrected chi connectivity index (χ0v) is 10.3. The molecule has 1 unspecified atom stereocenters. The summed E-state index contributed by atoms with van der Waals surface area (Å²) in [4.78, 5) is 24.8. The van der Waals surface area contributed by atoms with Gasteiger partial charge in [0.25, 0.3) is 0 Å². The van der Waals surface area contributed by atoms with E-state index in [1.807, 2.05) is 13.8 Å². The summed E-state index contributed by atoms with van der Waals surface area (Å²) in [6.07, 6.45) is 0.888. The van der Waals surface area contributed by atoms with Crippen LogP contribution in [-0.4, -0.2) is 40.9 Å². The third kappa shape index (κ3) is 1.75. The van der Waals surface area contributed by atoms with Gasteiger partial charge in [-0.05, 0) is 27.2 Å². The first-order valence-corrected chi connectivity index (χ1v) is 5.77. The number of amides is 1. The molecule has 0 aromatic carbocycles. The first-order chi connectivity index (χ1) is 7.32. The van der Waals surface area contributed by atoms with Crippen LogP contribution in [0.5, 0.6) is 0 Å². The molecule has 90 valence electrons. The van der Waals surface area contributed by atoms with Crippen LogP contribution >= 0.6 is 0 Å². The van der Waals surface area contributed by atoms with E-state index in [4.69, 9.17) is 4.74 Å².